The number of benzene rings is 2. The van der Waals surface area contributed by atoms with Crippen LogP contribution in [0.1, 0.15) is 15.9 Å². The summed E-state index contributed by atoms with van der Waals surface area (Å²) >= 11 is 0.815. The van der Waals surface area contributed by atoms with E-state index in [1.165, 1.54) is 0 Å². The summed E-state index contributed by atoms with van der Waals surface area (Å²) in [6.07, 6.45) is 0.325. The highest BCUT2D eigenvalue weighted by atomic mass is 32.2. The molecule has 2 aromatic carbocycles. The van der Waals surface area contributed by atoms with Gasteiger partial charge >= 0.3 is 5.97 Å². The molecule has 0 aliphatic carbocycles. The normalized spacial score (nSPS) is 11.8. The minimum Gasteiger partial charge on any atom is -0.480 e. The second kappa shape index (κ2) is 7.61. The minimum atomic E-state index is -0.979. The van der Waals surface area contributed by atoms with E-state index < -0.39 is 12.0 Å². The third-order valence-electron chi connectivity index (χ3n) is 2.88. The lowest BCUT2D eigenvalue weighted by molar-refractivity contribution is -0.138. The van der Waals surface area contributed by atoms with Crippen LogP contribution in [-0.4, -0.2) is 22.2 Å². The number of rotatable bonds is 6. The average molecular weight is 301 g/mol. The van der Waals surface area contributed by atoms with Crippen LogP contribution in [-0.2, 0) is 11.2 Å². The molecule has 21 heavy (non-hydrogen) atoms. The number of nitrogens with one attached hydrogen (secondary N) is 1. The van der Waals surface area contributed by atoms with E-state index in [9.17, 15) is 14.7 Å². The van der Waals surface area contributed by atoms with Gasteiger partial charge in [-0.15, -0.1) is 0 Å². The molecule has 2 rings (SSSR count). The number of hydrogen-bond acceptors (Lipinski definition) is 4. The minimum absolute atomic E-state index is 0.199. The van der Waals surface area contributed by atoms with E-state index in [1.807, 2.05) is 36.4 Å². The summed E-state index contributed by atoms with van der Waals surface area (Å²) in [5, 5.41) is 9.03. The summed E-state index contributed by atoms with van der Waals surface area (Å²) in [6, 6.07) is 17.3. The van der Waals surface area contributed by atoms with Gasteiger partial charge in [0.2, 0.25) is 5.12 Å². The molecule has 0 heterocycles. The molecule has 108 valence electrons. The third-order valence-corrected chi connectivity index (χ3v) is 3.71. The summed E-state index contributed by atoms with van der Waals surface area (Å²) in [6.45, 7) is 0. The predicted molar refractivity (Wildman–Crippen MR) is 83.1 cm³/mol. The van der Waals surface area contributed by atoms with Crippen LogP contribution in [0.2, 0.25) is 0 Å². The fraction of sp³-hybridized carbons (Fsp3) is 0.125. The summed E-state index contributed by atoms with van der Waals surface area (Å²) < 4.78 is 2.73. The van der Waals surface area contributed by atoms with E-state index in [0.717, 1.165) is 17.5 Å². The number of aliphatic carboxylic acids is 1. The van der Waals surface area contributed by atoms with Crippen molar-refractivity contribution in [1.82, 2.24) is 4.72 Å². The number of carbonyl (C=O) groups is 2. The van der Waals surface area contributed by atoms with Crippen molar-refractivity contribution in [2.75, 3.05) is 0 Å². The Kier molecular flexibility index (Phi) is 5.54. The predicted octanol–water partition coefficient (Wildman–Crippen LogP) is 2.76. The van der Waals surface area contributed by atoms with Gasteiger partial charge in [0.15, 0.2) is 0 Å². The fourth-order valence-electron chi connectivity index (χ4n) is 1.79. The van der Waals surface area contributed by atoms with Gasteiger partial charge in [0.05, 0.1) is 0 Å². The Morgan fingerprint density at radius 3 is 2.14 bits per heavy atom. The Hall–Kier alpha value is -2.11. The standard InChI is InChI=1S/C16H15NO3S/c18-15(19)14(11-12-7-3-1-4-8-12)17-21-16(20)13-9-5-2-6-10-13/h1-10,14,17H,11H2,(H,18,19). The van der Waals surface area contributed by atoms with Crippen LogP contribution in [0.15, 0.2) is 60.7 Å². The monoisotopic (exact) mass is 301 g/mol. The summed E-state index contributed by atoms with van der Waals surface area (Å²) in [4.78, 5) is 23.2. The first-order valence-electron chi connectivity index (χ1n) is 6.45. The Morgan fingerprint density at radius 1 is 1.00 bits per heavy atom. The van der Waals surface area contributed by atoms with Gasteiger partial charge < -0.3 is 5.11 Å². The van der Waals surface area contributed by atoms with Gasteiger partial charge in [-0.05, 0) is 12.0 Å². The molecule has 2 aromatic rings. The fourth-order valence-corrected chi connectivity index (χ4v) is 2.47. The van der Waals surface area contributed by atoms with Crippen molar-refractivity contribution in [3.63, 3.8) is 0 Å². The molecule has 0 amide bonds. The summed E-state index contributed by atoms with van der Waals surface area (Å²) in [5.74, 6) is -0.979. The smallest absolute Gasteiger partial charge is 0.321 e. The third kappa shape index (κ3) is 4.73. The lowest BCUT2D eigenvalue weighted by Crippen LogP contribution is -2.35. The molecule has 1 atom stereocenters. The lowest BCUT2D eigenvalue weighted by Gasteiger charge is -2.13. The van der Waals surface area contributed by atoms with Crippen LogP contribution in [0.4, 0.5) is 0 Å². The number of carbonyl (C=O) groups excluding carboxylic acids is 1. The number of carboxylic acid groups (broad SMARTS) is 1. The molecular weight excluding hydrogens is 286 g/mol. The number of hydrogen-bond donors (Lipinski definition) is 2. The molecule has 0 aromatic heterocycles. The van der Waals surface area contributed by atoms with Gasteiger partial charge in [-0.2, -0.15) is 0 Å². The van der Waals surface area contributed by atoms with Crippen molar-refractivity contribution in [3.8, 4) is 0 Å². The van der Waals surface area contributed by atoms with E-state index in [-0.39, 0.29) is 5.12 Å². The maximum absolute atomic E-state index is 11.9. The van der Waals surface area contributed by atoms with Gasteiger partial charge in [-0.25, -0.2) is 4.72 Å². The van der Waals surface area contributed by atoms with Crippen LogP contribution in [0.25, 0.3) is 0 Å². The topological polar surface area (TPSA) is 66.4 Å². The number of carboxylic acids is 1. The van der Waals surface area contributed by atoms with Crippen molar-refractivity contribution in [3.05, 3.63) is 71.8 Å². The molecule has 5 heteroatoms. The Labute approximate surface area is 127 Å². The highest BCUT2D eigenvalue weighted by molar-refractivity contribution is 8.12. The highest BCUT2D eigenvalue weighted by Crippen LogP contribution is 2.12. The SMILES string of the molecule is O=C(SNC(Cc1ccccc1)C(=O)O)c1ccccc1. The second-order valence-electron chi connectivity index (χ2n) is 4.45. The maximum Gasteiger partial charge on any atom is 0.321 e. The summed E-state index contributed by atoms with van der Waals surface area (Å²) in [5.41, 5.74) is 1.45. The molecule has 0 saturated carbocycles. The van der Waals surface area contributed by atoms with E-state index in [2.05, 4.69) is 4.72 Å². The molecule has 0 aliphatic rings. The summed E-state index contributed by atoms with van der Waals surface area (Å²) in [7, 11) is 0. The zero-order valence-corrected chi connectivity index (χ0v) is 12.0. The van der Waals surface area contributed by atoms with Crippen LogP contribution in [0, 0.1) is 0 Å². The van der Waals surface area contributed by atoms with E-state index >= 15 is 0 Å². The van der Waals surface area contributed by atoms with Gasteiger partial charge in [0.1, 0.15) is 6.04 Å². The molecule has 0 saturated heterocycles. The van der Waals surface area contributed by atoms with Crippen molar-refractivity contribution < 1.29 is 14.7 Å². The Balaban J connectivity index is 1.95. The van der Waals surface area contributed by atoms with E-state index in [1.54, 1.807) is 24.3 Å². The molecule has 4 nitrogen and oxygen atoms in total. The van der Waals surface area contributed by atoms with Gasteiger partial charge in [-0.1, -0.05) is 60.7 Å². The van der Waals surface area contributed by atoms with Crippen molar-refractivity contribution in [1.29, 1.82) is 0 Å². The molecule has 0 bridgehead atoms. The molecule has 0 spiro atoms. The van der Waals surface area contributed by atoms with Gasteiger partial charge in [0.25, 0.3) is 0 Å². The molecule has 2 N–H and O–H groups in total. The molecular formula is C16H15NO3S. The maximum atomic E-state index is 11.9. The quantitative estimate of drug-likeness (QED) is 0.803. The zero-order valence-electron chi connectivity index (χ0n) is 11.2. The second-order valence-corrected chi connectivity index (χ2v) is 5.26. The van der Waals surface area contributed by atoms with Crippen molar-refractivity contribution in [2.24, 2.45) is 0 Å². The first-order chi connectivity index (χ1) is 10.2. The molecule has 0 radical (unpaired) electrons. The lowest BCUT2D eigenvalue weighted by atomic mass is 10.1. The van der Waals surface area contributed by atoms with E-state index in [4.69, 9.17) is 0 Å². The first kappa shape index (κ1) is 15.3. The van der Waals surface area contributed by atoms with Crippen LogP contribution in [0.5, 0.6) is 0 Å². The Bertz CT molecular complexity index is 601. The molecule has 0 aliphatic heterocycles. The van der Waals surface area contributed by atoms with Crippen molar-refractivity contribution >= 4 is 23.0 Å². The average Bonchev–Trinajstić information content (AvgIpc) is 2.52. The van der Waals surface area contributed by atoms with Crippen LogP contribution >= 0.6 is 11.9 Å². The van der Waals surface area contributed by atoms with Crippen LogP contribution in [0.3, 0.4) is 0 Å². The molecule has 0 fully saturated rings. The first-order valence-corrected chi connectivity index (χ1v) is 7.27. The van der Waals surface area contributed by atoms with Crippen molar-refractivity contribution in [2.45, 2.75) is 12.5 Å². The largest absolute Gasteiger partial charge is 0.480 e. The van der Waals surface area contributed by atoms with Gasteiger partial charge in [-0.3, -0.25) is 9.59 Å². The zero-order chi connectivity index (χ0) is 15.1. The van der Waals surface area contributed by atoms with Gasteiger partial charge in [0, 0.05) is 17.5 Å². The van der Waals surface area contributed by atoms with E-state index in [0.29, 0.717) is 12.0 Å². The van der Waals surface area contributed by atoms with Crippen LogP contribution < -0.4 is 4.72 Å². The highest BCUT2D eigenvalue weighted by Gasteiger charge is 2.19. The molecule has 1 unspecified atom stereocenters. The Morgan fingerprint density at radius 2 is 1.57 bits per heavy atom.